The van der Waals surface area contributed by atoms with Gasteiger partial charge in [0.05, 0.1) is 24.1 Å². The summed E-state index contributed by atoms with van der Waals surface area (Å²) in [5.74, 6) is -8.75. The zero-order valence-corrected chi connectivity index (χ0v) is 25.0. The van der Waals surface area contributed by atoms with Crippen LogP contribution >= 0.6 is 0 Å². The van der Waals surface area contributed by atoms with Crippen LogP contribution in [0.2, 0.25) is 0 Å². The Labute approximate surface area is 262 Å². The van der Waals surface area contributed by atoms with Crippen LogP contribution in [-0.2, 0) is 35.3 Å². The zero-order valence-electron chi connectivity index (χ0n) is 25.0. The Morgan fingerprint density at radius 1 is 0.804 bits per heavy atom. The minimum absolute atomic E-state index is 0.139. The predicted molar refractivity (Wildman–Crippen MR) is 159 cm³/mol. The van der Waals surface area contributed by atoms with E-state index in [1.165, 1.54) is 62.4 Å². The molecule has 16 nitrogen and oxygen atoms in total. The van der Waals surface area contributed by atoms with Crippen molar-refractivity contribution < 1.29 is 58.4 Å². The molecule has 0 aliphatic carbocycles. The number of esters is 1. The second-order valence-electron chi connectivity index (χ2n) is 10.3. The molecule has 1 amide bonds. The Bertz CT molecular complexity index is 1480. The number of nitrogens with two attached hydrogens (primary N) is 2. The van der Waals surface area contributed by atoms with Crippen molar-refractivity contribution in [3.63, 3.8) is 0 Å². The molecular weight excluding hydrogens is 608 g/mol. The van der Waals surface area contributed by atoms with Crippen LogP contribution in [0.1, 0.15) is 49.0 Å². The van der Waals surface area contributed by atoms with Crippen LogP contribution in [0.15, 0.2) is 53.5 Å². The lowest BCUT2D eigenvalue weighted by atomic mass is 9.86. The molecule has 0 spiro atoms. The minimum atomic E-state index is -1.87. The summed E-state index contributed by atoms with van der Waals surface area (Å²) in [5.41, 5.74) is 11.6. The summed E-state index contributed by atoms with van der Waals surface area (Å²) in [5, 5.41) is 28.0. The number of carboxylic acids is 3. The van der Waals surface area contributed by atoms with E-state index in [2.05, 4.69) is 4.99 Å². The van der Waals surface area contributed by atoms with E-state index in [4.69, 9.17) is 20.9 Å². The van der Waals surface area contributed by atoms with E-state index in [9.17, 15) is 48.9 Å². The molecule has 0 radical (unpaired) electrons. The third kappa shape index (κ3) is 11.7. The molecule has 2 atom stereocenters. The lowest BCUT2D eigenvalue weighted by Gasteiger charge is -2.29. The largest absolute Gasteiger partial charge is 0.481 e. The van der Waals surface area contributed by atoms with Crippen LogP contribution in [0.25, 0.3) is 0 Å². The highest BCUT2D eigenvalue weighted by Gasteiger charge is 2.37. The minimum Gasteiger partial charge on any atom is -0.481 e. The highest BCUT2D eigenvalue weighted by atomic mass is 16.6. The van der Waals surface area contributed by atoms with Gasteiger partial charge in [0.25, 0.3) is 0 Å². The van der Waals surface area contributed by atoms with Gasteiger partial charge in [-0.05, 0) is 42.0 Å². The van der Waals surface area contributed by atoms with Crippen molar-refractivity contribution in [2.24, 2.45) is 28.3 Å². The van der Waals surface area contributed by atoms with Gasteiger partial charge in [0.1, 0.15) is 30.7 Å². The fraction of sp³-hybridized carbons (Fsp3) is 0.333. The molecule has 2 aromatic rings. The molecule has 0 saturated carbocycles. The van der Waals surface area contributed by atoms with Gasteiger partial charge in [0.2, 0.25) is 0 Å². The van der Waals surface area contributed by atoms with Crippen molar-refractivity contribution in [3.05, 3.63) is 59.7 Å². The number of Topliss-reactive ketones (excluding diaryl/α,β-unsaturated/α-hetero) is 2. The van der Waals surface area contributed by atoms with Crippen LogP contribution in [0, 0.1) is 11.8 Å². The van der Waals surface area contributed by atoms with E-state index in [0.29, 0.717) is 16.2 Å². The van der Waals surface area contributed by atoms with E-state index in [1.54, 1.807) is 0 Å². The topological polar surface area (TPSA) is 266 Å². The molecule has 46 heavy (non-hydrogen) atoms. The second kappa shape index (κ2) is 16.9. The van der Waals surface area contributed by atoms with E-state index >= 15 is 0 Å². The van der Waals surface area contributed by atoms with Crippen molar-refractivity contribution in [2.75, 3.05) is 6.54 Å². The van der Waals surface area contributed by atoms with Gasteiger partial charge in [-0.25, -0.2) is 14.6 Å². The van der Waals surface area contributed by atoms with Gasteiger partial charge in [-0.3, -0.25) is 28.9 Å². The van der Waals surface area contributed by atoms with Gasteiger partial charge in [0, 0.05) is 18.3 Å². The van der Waals surface area contributed by atoms with Gasteiger partial charge in [-0.15, -0.1) is 0 Å². The number of hydrogen-bond donors (Lipinski definition) is 5. The normalized spacial score (nSPS) is 11.9. The maximum absolute atomic E-state index is 13.2. The zero-order chi connectivity index (χ0) is 34.6. The fourth-order valence-corrected chi connectivity index (χ4v) is 4.21. The summed E-state index contributed by atoms with van der Waals surface area (Å²) in [6.07, 6.45) is -3.81. The maximum atomic E-state index is 13.2. The number of ether oxygens (including phenoxy) is 2. The summed E-state index contributed by atoms with van der Waals surface area (Å²) in [4.78, 5) is 89.8. The molecular formula is C30H34N4O12. The number of benzene rings is 2. The first-order chi connectivity index (χ1) is 21.6. The number of hydrogen-bond acceptors (Lipinski definition) is 10. The Morgan fingerprint density at radius 3 is 1.89 bits per heavy atom. The molecule has 246 valence electrons. The molecule has 0 aliphatic heterocycles. The van der Waals surface area contributed by atoms with Gasteiger partial charge < -0.3 is 36.3 Å². The highest BCUT2D eigenvalue weighted by molar-refractivity contribution is 5.96. The highest BCUT2D eigenvalue weighted by Crippen LogP contribution is 2.22. The molecule has 2 aromatic carbocycles. The van der Waals surface area contributed by atoms with Gasteiger partial charge in [-0.1, -0.05) is 26.0 Å². The van der Waals surface area contributed by atoms with E-state index in [1.807, 2.05) is 0 Å². The number of nitrogens with zero attached hydrogens (tertiary/aromatic N) is 2. The molecule has 16 heteroatoms. The first kappa shape index (κ1) is 36.4. The molecule has 7 N–H and O–H groups in total. The Morgan fingerprint density at radius 2 is 1.39 bits per heavy atom. The summed E-state index contributed by atoms with van der Waals surface area (Å²) >= 11 is 0. The predicted octanol–water partition coefficient (Wildman–Crippen LogP) is 1.95. The summed E-state index contributed by atoms with van der Waals surface area (Å²) < 4.78 is 10.5. The van der Waals surface area contributed by atoms with Gasteiger partial charge >= 0.3 is 30.0 Å². The van der Waals surface area contributed by atoms with E-state index < -0.39 is 91.8 Å². The average molecular weight is 643 g/mol. The fourth-order valence-electron chi connectivity index (χ4n) is 4.21. The van der Waals surface area contributed by atoms with Crippen molar-refractivity contribution in [3.8, 4) is 5.75 Å². The standard InChI is InChI=1S/C30H34N4O12/c1-16(2)27(42)19(12-24(36)37)11-23(35)22(13-25(38)39)34(14-26(40)41)30(44)45-15-17-3-9-21(10-4-17)46-28(43)18-5-7-20(8-6-18)33-29(31)32/h3-10,16,19,22H,11-15H2,1-2H3,(H,36,37)(H,38,39)(H,40,41)(H4,31,32,33)/t19-,22-/m0/s1. The lowest BCUT2D eigenvalue weighted by molar-refractivity contribution is -0.146. The molecule has 0 fully saturated rings. The quantitative estimate of drug-likeness (QED) is 0.0714. The van der Waals surface area contributed by atoms with Crippen molar-refractivity contribution >= 4 is 53.2 Å². The number of ketones is 2. The first-order valence-corrected chi connectivity index (χ1v) is 13.7. The number of carbonyl (C=O) groups is 7. The molecule has 0 heterocycles. The Balaban J connectivity index is 2.15. The molecule has 0 bridgehead atoms. The molecule has 2 rings (SSSR count). The lowest BCUT2D eigenvalue weighted by Crippen LogP contribution is -2.49. The van der Waals surface area contributed by atoms with E-state index in [-0.39, 0.29) is 17.3 Å². The average Bonchev–Trinajstić information content (AvgIpc) is 2.97. The Kier molecular flexibility index (Phi) is 13.4. The SMILES string of the molecule is CC(C)C(=O)[C@H](CC(=O)O)CC(=O)[C@H](CC(=O)O)N(CC(=O)O)C(=O)OCc1ccc(OC(=O)c2ccc(N=C(N)N)cc2)cc1. The van der Waals surface area contributed by atoms with E-state index in [0.717, 1.165) is 0 Å². The van der Waals surface area contributed by atoms with Crippen LogP contribution in [-0.4, -0.2) is 80.3 Å². The Hall–Kier alpha value is -5.80. The number of guanidine groups is 1. The number of rotatable bonds is 17. The van der Waals surface area contributed by atoms with Crippen LogP contribution < -0.4 is 16.2 Å². The second-order valence-corrected chi connectivity index (χ2v) is 10.3. The third-order valence-electron chi connectivity index (χ3n) is 6.35. The number of aliphatic imine (C=N–C) groups is 1. The molecule has 0 aliphatic rings. The molecule has 0 unspecified atom stereocenters. The molecule has 0 saturated heterocycles. The van der Waals surface area contributed by atoms with Gasteiger partial charge in [0.15, 0.2) is 11.7 Å². The smallest absolute Gasteiger partial charge is 0.411 e. The maximum Gasteiger partial charge on any atom is 0.411 e. The number of carboxylic acid groups (broad SMARTS) is 3. The van der Waals surface area contributed by atoms with Crippen LogP contribution in [0.5, 0.6) is 5.75 Å². The molecule has 0 aromatic heterocycles. The number of carbonyl (C=O) groups excluding carboxylic acids is 4. The summed E-state index contributed by atoms with van der Waals surface area (Å²) in [7, 11) is 0. The van der Waals surface area contributed by atoms with Crippen molar-refractivity contribution in [1.29, 1.82) is 0 Å². The number of amides is 1. The van der Waals surface area contributed by atoms with Crippen LogP contribution in [0.3, 0.4) is 0 Å². The first-order valence-electron chi connectivity index (χ1n) is 13.7. The number of aliphatic carboxylic acids is 3. The third-order valence-corrected chi connectivity index (χ3v) is 6.35. The van der Waals surface area contributed by atoms with Crippen molar-refractivity contribution in [1.82, 2.24) is 4.90 Å². The van der Waals surface area contributed by atoms with Gasteiger partial charge in [-0.2, -0.15) is 0 Å². The monoisotopic (exact) mass is 642 g/mol. The van der Waals surface area contributed by atoms with Crippen molar-refractivity contribution in [2.45, 2.75) is 45.8 Å². The summed E-state index contributed by atoms with van der Waals surface area (Å²) in [6.45, 7) is 1.43. The summed E-state index contributed by atoms with van der Waals surface area (Å²) in [6, 6.07) is 9.73. The van der Waals surface area contributed by atoms with Crippen LogP contribution in [0.4, 0.5) is 10.5 Å².